The molecule has 0 bridgehead atoms. The fourth-order valence-corrected chi connectivity index (χ4v) is 1.27. The molecule has 0 aliphatic rings. The van der Waals surface area contributed by atoms with Crippen molar-refractivity contribution in [2.45, 2.75) is 20.8 Å². The summed E-state index contributed by atoms with van der Waals surface area (Å²) in [6, 6.07) is 0. The summed E-state index contributed by atoms with van der Waals surface area (Å²) >= 11 is 0. The van der Waals surface area contributed by atoms with Gasteiger partial charge in [0, 0.05) is 31.1 Å². The molecule has 1 aromatic heterocycles. The number of aryl methyl sites for hydroxylation is 1. The van der Waals surface area contributed by atoms with Crippen molar-refractivity contribution in [3.63, 3.8) is 0 Å². The highest BCUT2D eigenvalue weighted by Gasteiger charge is 2.23. The van der Waals surface area contributed by atoms with Crippen molar-refractivity contribution in [2.24, 2.45) is 17.5 Å². The van der Waals surface area contributed by atoms with Crippen molar-refractivity contribution in [1.29, 1.82) is 0 Å². The van der Waals surface area contributed by atoms with E-state index >= 15 is 0 Å². The maximum atomic E-state index is 4.30. The summed E-state index contributed by atoms with van der Waals surface area (Å²) < 4.78 is 1.97. The molecule has 0 saturated heterocycles. The molecule has 1 rings (SSSR count). The molecular weight excluding hydrogens is 174 g/mol. The summed E-state index contributed by atoms with van der Waals surface area (Å²) in [7, 11) is 1.96. The molecule has 0 atom stereocenters. The molecule has 1 aromatic rings. The fraction of sp³-hybridized carbons (Fsp3) is 0.455. The van der Waals surface area contributed by atoms with Gasteiger partial charge in [-0.05, 0) is 0 Å². The van der Waals surface area contributed by atoms with Gasteiger partial charge in [0.2, 0.25) is 0 Å². The minimum atomic E-state index is -0.0205. The highest BCUT2D eigenvalue weighted by Crippen LogP contribution is 2.20. The van der Waals surface area contributed by atoms with Crippen LogP contribution in [0.1, 0.15) is 26.6 Å². The monoisotopic (exact) mass is 191 g/mol. The first-order chi connectivity index (χ1) is 6.46. The van der Waals surface area contributed by atoms with Gasteiger partial charge in [0.25, 0.3) is 0 Å². The van der Waals surface area contributed by atoms with E-state index in [2.05, 4.69) is 37.3 Å². The van der Waals surface area contributed by atoms with Crippen molar-refractivity contribution in [1.82, 2.24) is 9.55 Å². The van der Waals surface area contributed by atoms with Crippen LogP contribution in [-0.2, 0) is 7.05 Å². The molecule has 0 aliphatic carbocycles. The summed E-state index contributed by atoms with van der Waals surface area (Å²) in [5.41, 5.74) is 0.938. The highest BCUT2D eigenvalue weighted by molar-refractivity contribution is 6.01. The van der Waals surface area contributed by atoms with Gasteiger partial charge in [0.1, 0.15) is 0 Å². The summed E-state index contributed by atoms with van der Waals surface area (Å²) in [6.07, 6.45) is 5.26. The van der Waals surface area contributed by atoms with E-state index in [4.69, 9.17) is 0 Å². The second kappa shape index (κ2) is 3.78. The predicted molar refractivity (Wildman–Crippen MR) is 59.4 cm³/mol. The van der Waals surface area contributed by atoms with E-state index in [0.29, 0.717) is 0 Å². The number of rotatable bonds is 2. The zero-order valence-corrected chi connectivity index (χ0v) is 9.28. The van der Waals surface area contributed by atoms with Crippen LogP contribution in [0.15, 0.2) is 30.2 Å². The molecule has 0 unspecified atom stereocenters. The normalized spacial score (nSPS) is 13.0. The Hall–Kier alpha value is -1.38. The van der Waals surface area contributed by atoms with Gasteiger partial charge in [0.05, 0.1) is 5.71 Å². The molecule has 76 valence electrons. The third-order valence-corrected chi connectivity index (χ3v) is 1.96. The molecule has 0 fully saturated rings. The minimum Gasteiger partial charge on any atom is -0.333 e. The number of nitrogens with zero attached hydrogens (tertiary/aromatic N) is 3. The lowest BCUT2D eigenvalue weighted by Crippen LogP contribution is -2.24. The molecule has 3 nitrogen and oxygen atoms in total. The molecule has 0 aliphatic heterocycles. The quantitative estimate of drug-likeness (QED) is 0.660. The largest absolute Gasteiger partial charge is 0.333 e. The Morgan fingerprint density at radius 2 is 2.21 bits per heavy atom. The van der Waals surface area contributed by atoms with E-state index in [1.165, 1.54) is 0 Å². The van der Waals surface area contributed by atoms with Crippen molar-refractivity contribution >= 4 is 5.71 Å². The predicted octanol–water partition coefficient (Wildman–Crippen LogP) is 2.40. The van der Waals surface area contributed by atoms with Crippen LogP contribution in [-0.4, -0.2) is 15.3 Å². The van der Waals surface area contributed by atoms with Crippen molar-refractivity contribution in [3.8, 4) is 0 Å². The standard InChI is InChI=1S/C11H17N3/c1-6-12-9(11(2,3)4)10-13-7-8-14(10)5/h6-8H,1H2,2-5H3/b12-9+. The van der Waals surface area contributed by atoms with Crippen LogP contribution >= 0.6 is 0 Å². The van der Waals surface area contributed by atoms with E-state index in [1.807, 2.05) is 17.8 Å². The van der Waals surface area contributed by atoms with Crippen LogP contribution in [0.5, 0.6) is 0 Å². The molecule has 0 aromatic carbocycles. The number of imidazole rings is 1. The lowest BCUT2D eigenvalue weighted by Gasteiger charge is -2.20. The molecular formula is C11H17N3. The van der Waals surface area contributed by atoms with Crippen molar-refractivity contribution in [3.05, 3.63) is 31.0 Å². The van der Waals surface area contributed by atoms with Gasteiger partial charge >= 0.3 is 0 Å². The summed E-state index contributed by atoms with van der Waals surface area (Å²) in [5, 5.41) is 0. The Morgan fingerprint density at radius 1 is 1.57 bits per heavy atom. The number of aromatic nitrogens is 2. The average Bonchev–Trinajstić information content (AvgIpc) is 2.45. The maximum absolute atomic E-state index is 4.30. The third-order valence-electron chi connectivity index (χ3n) is 1.96. The third kappa shape index (κ3) is 2.10. The first-order valence-electron chi connectivity index (χ1n) is 4.63. The van der Waals surface area contributed by atoms with Crippen LogP contribution in [0.3, 0.4) is 0 Å². The van der Waals surface area contributed by atoms with Crippen LogP contribution in [0.4, 0.5) is 0 Å². The minimum absolute atomic E-state index is 0.0205. The molecule has 14 heavy (non-hydrogen) atoms. The van der Waals surface area contributed by atoms with Gasteiger partial charge in [0.15, 0.2) is 5.82 Å². The SMILES string of the molecule is C=C/N=C(\c1nccn1C)C(C)(C)C. The number of hydrogen-bond donors (Lipinski definition) is 0. The topological polar surface area (TPSA) is 30.2 Å². The molecule has 0 amide bonds. The van der Waals surface area contributed by atoms with E-state index in [-0.39, 0.29) is 5.41 Å². The van der Waals surface area contributed by atoms with E-state index in [0.717, 1.165) is 11.5 Å². The zero-order valence-electron chi connectivity index (χ0n) is 9.28. The fourth-order valence-electron chi connectivity index (χ4n) is 1.27. The van der Waals surface area contributed by atoms with Crippen LogP contribution in [0.25, 0.3) is 0 Å². The summed E-state index contributed by atoms with van der Waals surface area (Å²) in [4.78, 5) is 8.58. The first-order valence-corrected chi connectivity index (χ1v) is 4.63. The smallest absolute Gasteiger partial charge is 0.154 e. The number of hydrogen-bond acceptors (Lipinski definition) is 2. The lowest BCUT2D eigenvalue weighted by atomic mass is 9.89. The van der Waals surface area contributed by atoms with E-state index < -0.39 is 0 Å². The number of aliphatic imine (C=N–C) groups is 1. The molecule has 0 N–H and O–H groups in total. The molecule has 1 heterocycles. The average molecular weight is 191 g/mol. The molecule has 0 radical (unpaired) electrons. The van der Waals surface area contributed by atoms with E-state index in [9.17, 15) is 0 Å². The van der Waals surface area contributed by atoms with Crippen LogP contribution < -0.4 is 0 Å². The van der Waals surface area contributed by atoms with Crippen molar-refractivity contribution < 1.29 is 0 Å². The molecule has 0 saturated carbocycles. The molecule has 0 spiro atoms. The van der Waals surface area contributed by atoms with Gasteiger partial charge < -0.3 is 4.57 Å². The Kier molecular flexibility index (Phi) is 2.89. The van der Waals surface area contributed by atoms with Crippen molar-refractivity contribution in [2.75, 3.05) is 0 Å². The van der Waals surface area contributed by atoms with Crippen LogP contribution in [0.2, 0.25) is 0 Å². The van der Waals surface area contributed by atoms with Gasteiger partial charge in [-0.2, -0.15) is 0 Å². The van der Waals surface area contributed by atoms with E-state index in [1.54, 1.807) is 12.4 Å². The highest BCUT2D eigenvalue weighted by atomic mass is 15.1. The Balaban J connectivity index is 3.21. The second-order valence-electron chi connectivity index (χ2n) is 4.27. The van der Waals surface area contributed by atoms with Gasteiger partial charge in [-0.3, -0.25) is 4.99 Å². The summed E-state index contributed by atoms with van der Waals surface area (Å²) in [5.74, 6) is 0.900. The molecule has 3 heteroatoms. The van der Waals surface area contributed by atoms with Gasteiger partial charge in [-0.25, -0.2) is 4.98 Å². The Bertz CT molecular complexity index is 353. The van der Waals surface area contributed by atoms with Crippen LogP contribution in [0, 0.1) is 5.41 Å². The second-order valence-corrected chi connectivity index (χ2v) is 4.27. The zero-order chi connectivity index (χ0) is 10.8. The summed E-state index contributed by atoms with van der Waals surface area (Å²) in [6.45, 7) is 9.97. The van der Waals surface area contributed by atoms with Gasteiger partial charge in [-0.15, -0.1) is 0 Å². The maximum Gasteiger partial charge on any atom is 0.154 e. The first kappa shape index (κ1) is 10.7. The van der Waals surface area contributed by atoms with Gasteiger partial charge in [-0.1, -0.05) is 27.4 Å². The lowest BCUT2D eigenvalue weighted by molar-refractivity contribution is 0.585. The Labute approximate surface area is 85.2 Å². The Morgan fingerprint density at radius 3 is 2.57 bits per heavy atom.